The molecule has 2 aliphatic rings. The SMILES string of the molecule is C/C=C(/C)C(=O)O[C@@H]1c2cc(OC)c(OC)c(OC)c2-c2c(cc3c(c2OC)OCO3)C[C@H](C)[C@]1(C)O. The summed E-state index contributed by atoms with van der Waals surface area (Å²) in [6.45, 7) is 7.05. The molecular weight excluding hydrogens is 480 g/mol. The molecule has 37 heavy (non-hydrogen) atoms. The average molecular weight is 515 g/mol. The number of methoxy groups -OCH3 is 4. The molecule has 0 saturated heterocycles. The molecule has 1 heterocycles. The fourth-order valence-electron chi connectivity index (χ4n) is 4.94. The topological polar surface area (TPSA) is 102 Å². The summed E-state index contributed by atoms with van der Waals surface area (Å²) in [5, 5.41) is 12.0. The van der Waals surface area contributed by atoms with Crippen LogP contribution in [0.15, 0.2) is 23.8 Å². The van der Waals surface area contributed by atoms with Crippen LogP contribution in [0.3, 0.4) is 0 Å². The van der Waals surface area contributed by atoms with Crippen molar-refractivity contribution < 1.29 is 43.1 Å². The first-order chi connectivity index (χ1) is 17.6. The zero-order valence-corrected chi connectivity index (χ0v) is 22.5. The largest absolute Gasteiger partial charge is 0.493 e. The number of fused-ring (bicyclic) bond motifs is 4. The normalized spacial score (nSPS) is 22.2. The first-order valence-corrected chi connectivity index (χ1v) is 12.0. The highest BCUT2D eigenvalue weighted by Crippen LogP contribution is 2.59. The Bertz CT molecular complexity index is 1250. The molecule has 2 aromatic carbocycles. The molecule has 3 atom stereocenters. The van der Waals surface area contributed by atoms with Gasteiger partial charge in [0.2, 0.25) is 18.3 Å². The van der Waals surface area contributed by atoms with E-state index in [4.69, 9.17) is 33.2 Å². The van der Waals surface area contributed by atoms with Crippen LogP contribution in [0, 0.1) is 5.92 Å². The summed E-state index contributed by atoms with van der Waals surface area (Å²) < 4.78 is 40.6. The predicted octanol–water partition coefficient (Wildman–Crippen LogP) is 4.61. The maximum absolute atomic E-state index is 13.0. The molecule has 0 amide bonds. The van der Waals surface area contributed by atoms with E-state index in [9.17, 15) is 9.90 Å². The Balaban J connectivity index is 2.17. The van der Waals surface area contributed by atoms with Crippen LogP contribution in [-0.2, 0) is 16.0 Å². The molecule has 0 radical (unpaired) electrons. The fraction of sp³-hybridized carbons (Fsp3) is 0.464. The van der Waals surface area contributed by atoms with Crippen LogP contribution in [0.1, 0.15) is 44.9 Å². The van der Waals surface area contributed by atoms with E-state index >= 15 is 0 Å². The summed E-state index contributed by atoms with van der Waals surface area (Å²) in [6.07, 6.45) is 0.998. The lowest BCUT2D eigenvalue weighted by Gasteiger charge is -2.41. The molecule has 0 saturated carbocycles. The Labute approximate surface area is 216 Å². The second-order valence-corrected chi connectivity index (χ2v) is 9.38. The zero-order valence-electron chi connectivity index (χ0n) is 22.5. The summed E-state index contributed by atoms with van der Waals surface area (Å²) >= 11 is 0. The van der Waals surface area contributed by atoms with Gasteiger partial charge in [-0.15, -0.1) is 0 Å². The second kappa shape index (κ2) is 10.0. The maximum atomic E-state index is 13.0. The molecule has 1 aliphatic carbocycles. The minimum atomic E-state index is -1.48. The number of rotatable bonds is 6. The lowest BCUT2D eigenvalue weighted by molar-refractivity contribution is -0.166. The van der Waals surface area contributed by atoms with Crippen LogP contribution in [0.4, 0.5) is 0 Å². The number of allylic oxidation sites excluding steroid dienone is 1. The van der Waals surface area contributed by atoms with Gasteiger partial charge < -0.3 is 38.3 Å². The summed E-state index contributed by atoms with van der Waals surface area (Å²) in [5.41, 5.74) is 1.46. The van der Waals surface area contributed by atoms with Crippen LogP contribution in [0.5, 0.6) is 34.5 Å². The molecule has 1 aliphatic heterocycles. The van der Waals surface area contributed by atoms with Gasteiger partial charge in [-0.25, -0.2) is 4.79 Å². The number of aliphatic hydroxyl groups is 1. The van der Waals surface area contributed by atoms with Gasteiger partial charge in [-0.1, -0.05) is 13.0 Å². The Morgan fingerprint density at radius 2 is 1.70 bits per heavy atom. The van der Waals surface area contributed by atoms with Crippen LogP contribution in [-0.4, -0.2) is 51.9 Å². The minimum Gasteiger partial charge on any atom is -0.493 e. The Hall–Kier alpha value is -3.59. The van der Waals surface area contributed by atoms with Crippen LogP contribution < -0.4 is 28.4 Å². The summed E-state index contributed by atoms with van der Waals surface area (Å²) in [6, 6.07) is 3.60. The Kier molecular flexibility index (Phi) is 7.19. The second-order valence-electron chi connectivity index (χ2n) is 9.38. The molecule has 0 fully saturated rings. The first-order valence-electron chi connectivity index (χ1n) is 12.0. The molecule has 0 unspecified atom stereocenters. The number of carbonyl (C=O) groups excluding carboxylic acids is 1. The number of ether oxygens (including phenoxy) is 7. The predicted molar refractivity (Wildman–Crippen MR) is 136 cm³/mol. The van der Waals surface area contributed by atoms with Crippen molar-refractivity contribution in [1.82, 2.24) is 0 Å². The lowest BCUT2D eigenvalue weighted by atomic mass is 9.73. The van der Waals surface area contributed by atoms with E-state index in [0.717, 1.165) is 5.56 Å². The third-order valence-electron chi connectivity index (χ3n) is 7.33. The molecular formula is C28H34O9. The lowest BCUT2D eigenvalue weighted by Crippen LogP contribution is -2.44. The average Bonchev–Trinajstić information content (AvgIpc) is 3.36. The van der Waals surface area contributed by atoms with E-state index in [-0.39, 0.29) is 12.7 Å². The van der Waals surface area contributed by atoms with Gasteiger partial charge in [-0.3, -0.25) is 0 Å². The number of esters is 1. The van der Waals surface area contributed by atoms with Gasteiger partial charge in [0, 0.05) is 22.3 Å². The van der Waals surface area contributed by atoms with E-state index in [1.807, 2.05) is 13.0 Å². The highest BCUT2D eigenvalue weighted by molar-refractivity contribution is 5.90. The maximum Gasteiger partial charge on any atom is 0.334 e. The first kappa shape index (κ1) is 26.5. The van der Waals surface area contributed by atoms with E-state index < -0.39 is 17.7 Å². The molecule has 0 spiro atoms. The van der Waals surface area contributed by atoms with Gasteiger partial charge >= 0.3 is 5.97 Å². The number of carbonyl (C=O) groups is 1. The quantitative estimate of drug-likeness (QED) is 0.437. The van der Waals surface area contributed by atoms with E-state index in [2.05, 4.69) is 0 Å². The van der Waals surface area contributed by atoms with Gasteiger partial charge in [0.25, 0.3) is 0 Å². The van der Waals surface area contributed by atoms with Crippen LogP contribution in [0.25, 0.3) is 11.1 Å². The molecule has 9 heteroatoms. The molecule has 200 valence electrons. The Morgan fingerprint density at radius 3 is 2.30 bits per heavy atom. The van der Waals surface area contributed by atoms with Crippen molar-refractivity contribution in [3.05, 3.63) is 34.9 Å². The summed E-state index contributed by atoms with van der Waals surface area (Å²) in [5.74, 6) is 1.60. The van der Waals surface area contributed by atoms with E-state index in [0.29, 0.717) is 63.2 Å². The van der Waals surface area contributed by atoms with E-state index in [1.54, 1.807) is 40.0 Å². The smallest absolute Gasteiger partial charge is 0.334 e. The molecule has 0 bridgehead atoms. The number of benzene rings is 2. The Morgan fingerprint density at radius 1 is 1.03 bits per heavy atom. The zero-order chi connectivity index (χ0) is 27.1. The highest BCUT2D eigenvalue weighted by atomic mass is 16.7. The minimum absolute atomic E-state index is 0.0562. The molecule has 1 N–H and O–H groups in total. The number of hydrogen-bond donors (Lipinski definition) is 1. The summed E-state index contributed by atoms with van der Waals surface area (Å²) in [7, 11) is 6.08. The molecule has 9 nitrogen and oxygen atoms in total. The standard InChI is InChI=1S/C28H34O9/c1-9-14(2)27(29)37-26-17-12-18(31-5)22(32-6)25(34-8)21(17)20-16(10-15(3)28(26,4)30)11-19-23(24(20)33-7)36-13-35-19/h9,11-12,15,26,30H,10,13H2,1-8H3/b14-9-/t15-,26+,28-/m0/s1. The fourth-order valence-corrected chi connectivity index (χ4v) is 4.94. The van der Waals surface area contributed by atoms with Crippen molar-refractivity contribution in [1.29, 1.82) is 0 Å². The molecule has 2 aromatic rings. The van der Waals surface area contributed by atoms with Gasteiger partial charge in [0.15, 0.2) is 29.1 Å². The van der Waals surface area contributed by atoms with Crippen molar-refractivity contribution in [2.24, 2.45) is 5.92 Å². The van der Waals surface area contributed by atoms with Gasteiger partial charge in [0.05, 0.1) is 28.4 Å². The van der Waals surface area contributed by atoms with Crippen molar-refractivity contribution >= 4 is 5.97 Å². The highest BCUT2D eigenvalue weighted by Gasteiger charge is 2.47. The van der Waals surface area contributed by atoms with Gasteiger partial charge in [-0.2, -0.15) is 0 Å². The van der Waals surface area contributed by atoms with E-state index in [1.165, 1.54) is 21.3 Å². The third-order valence-corrected chi connectivity index (χ3v) is 7.33. The van der Waals surface area contributed by atoms with Gasteiger partial charge in [0.1, 0.15) is 5.60 Å². The van der Waals surface area contributed by atoms with Crippen LogP contribution >= 0.6 is 0 Å². The van der Waals surface area contributed by atoms with Crippen molar-refractivity contribution in [3.63, 3.8) is 0 Å². The monoisotopic (exact) mass is 514 g/mol. The van der Waals surface area contributed by atoms with Gasteiger partial charge in [-0.05, 0) is 50.8 Å². The molecule has 4 rings (SSSR count). The molecule has 0 aromatic heterocycles. The summed E-state index contributed by atoms with van der Waals surface area (Å²) in [4.78, 5) is 13.0. The van der Waals surface area contributed by atoms with Crippen molar-refractivity contribution in [2.45, 2.75) is 45.8 Å². The van der Waals surface area contributed by atoms with Crippen LogP contribution in [0.2, 0.25) is 0 Å². The number of hydrogen-bond acceptors (Lipinski definition) is 9. The van der Waals surface area contributed by atoms with Crippen molar-refractivity contribution in [3.8, 4) is 45.6 Å². The van der Waals surface area contributed by atoms with Crippen molar-refractivity contribution in [2.75, 3.05) is 35.2 Å². The third kappa shape index (κ3) is 4.21.